The molecule has 0 saturated carbocycles. The predicted octanol–water partition coefficient (Wildman–Crippen LogP) is 5.49. The van der Waals surface area contributed by atoms with Crippen LogP contribution in [0.15, 0.2) is 24.4 Å². The SMILES string of the molecule is Cc1cc(Cl)c(C(=O)NC(C)c2ncc(Cl)cc2Cl)c(Cl)c1. The minimum atomic E-state index is -0.425. The molecular formula is C15H12Cl4N2O. The van der Waals surface area contributed by atoms with Crippen LogP contribution in [0.25, 0.3) is 0 Å². The van der Waals surface area contributed by atoms with Crippen LogP contribution in [0.2, 0.25) is 20.1 Å². The van der Waals surface area contributed by atoms with Gasteiger partial charge in [-0.05, 0) is 37.6 Å². The standard InChI is InChI=1S/C15H12Cl4N2O/c1-7-3-10(17)13(11(18)4-7)15(22)21-8(2)14-12(19)5-9(16)6-20-14/h3-6,8H,1-2H3,(H,21,22). The Hall–Kier alpha value is -1.000. The van der Waals surface area contributed by atoms with E-state index in [1.807, 2.05) is 6.92 Å². The van der Waals surface area contributed by atoms with Gasteiger partial charge in [0, 0.05) is 6.20 Å². The third-order valence-electron chi connectivity index (χ3n) is 3.01. The van der Waals surface area contributed by atoms with Gasteiger partial charge in [-0.15, -0.1) is 0 Å². The van der Waals surface area contributed by atoms with Gasteiger partial charge in [0.15, 0.2) is 0 Å². The molecule has 1 unspecified atom stereocenters. The smallest absolute Gasteiger partial charge is 0.254 e. The normalized spacial score (nSPS) is 12.1. The van der Waals surface area contributed by atoms with Crippen LogP contribution in [0, 0.1) is 6.92 Å². The zero-order valence-electron chi connectivity index (χ0n) is 11.8. The first-order chi connectivity index (χ1) is 10.3. The van der Waals surface area contributed by atoms with Crippen molar-refractivity contribution in [2.75, 3.05) is 0 Å². The molecule has 0 bridgehead atoms. The van der Waals surface area contributed by atoms with E-state index >= 15 is 0 Å². The molecule has 1 aromatic heterocycles. The minimum Gasteiger partial charge on any atom is -0.344 e. The maximum absolute atomic E-state index is 12.4. The lowest BCUT2D eigenvalue weighted by Gasteiger charge is -2.16. The van der Waals surface area contributed by atoms with E-state index in [1.165, 1.54) is 6.20 Å². The number of benzene rings is 1. The van der Waals surface area contributed by atoms with Crippen LogP contribution >= 0.6 is 46.4 Å². The summed E-state index contributed by atoms with van der Waals surface area (Å²) >= 11 is 24.1. The Bertz CT molecular complexity index is 710. The molecule has 0 aliphatic carbocycles. The summed E-state index contributed by atoms with van der Waals surface area (Å²) in [6.45, 7) is 3.61. The summed E-state index contributed by atoms with van der Waals surface area (Å²) in [7, 11) is 0. The van der Waals surface area contributed by atoms with E-state index in [2.05, 4.69) is 10.3 Å². The molecule has 1 aromatic carbocycles. The van der Waals surface area contributed by atoms with Crippen molar-refractivity contribution in [3.8, 4) is 0 Å². The monoisotopic (exact) mass is 376 g/mol. The second-order valence-corrected chi connectivity index (χ2v) is 6.48. The molecule has 0 saturated heterocycles. The van der Waals surface area contributed by atoms with Crippen molar-refractivity contribution in [3.63, 3.8) is 0 Å². The molecule has 7 heteroatoms. The number of pyridine rings is 1. The summed E-state index contributed by atoms with van der Waals surface area (Å²) in [5, 5.41) is 4.17. The lowest BCUT2D eigenvalue weighted by Crippen LogP contribution is -2.28. The Morgan fingerprint density at radius 2 is 1.68 bits per heavy atom. The summed E-state index contributed by atoms with van der Waals surface area (Å²) in [6.07, 6.45) is 1.47. The van der Waals surface area contributed by atoms with E-state index in [0.717, 1.165) is 5.56 Å². The predicted molar refractivity (Wildman–Crippen MR) is 91.3 cm³/mol. The van der Waals surface area contributed by atoms with Crippen molar-refractivity contribution in [2.24, 2.45) is 0 Å². The van der Waals surface area contributed by atoms with Crippen LogP contribution in [-0.4, -0.2) is 10.9 Å². The van der Waals surface area contributed by atoms with Gasteiger partial charge < -0.3 is 5.32 Å². The van der Waals surface area contributed by atoms with Crippen molar-refractivity contribution in [3.05, 3.63) is 61.3 Å². The molecule has 0 aliphatic heterocycles. The van der Waals surface area contributed by atoms with Gasteiger partial charge in [-0.3, -0.25) is 9.78 Å². The van der Waals surface area contributed by atoms with Gasteiger partial charge in [0.05, 0.1) is 37.4 Å². The zero-order valence-corrected chi connectivity index (χ0v) is 14.8. The van der Waals surface area contributed by atoms with Gasteiger partial charge >= 0.3 is 0 Å². The van der Waals surface area contributed by atoms with Crippen LogP contribution in [0.1, 0.15) is 34.6 Å². The van der Waals surface area contributed by atoms with E-state index in [4.69, 9.17) is 46.4 Å². The Labute approximate surface area is 148 Å². The van der Waals surface area contributed by atoms with Crippen molar-refractivity contribution in [1.29, 1.82) is 0 Å². The molecule has 1 amide bonds. The number of aromatic nitrogens is 1. The van der Waals surface area contributed by atoms with Crippen LogP contribution in [0.5, 0.6) is 0 Å². The maximum Gasteiger partial charge on any atom is 0.254 e. The van der Waals surface area contributed by atoms with Gasteiger partial charge in [-0.25, -0.2) is 0 Å². The van der Waals surface area contributed by atoms with Crippen LogP contribution in [0.4, 0.5) is 0 Å². The molecular weight excluding hydrogens is 366 g/mol. The molecule has 1 N–H and O–H groups in total. The van der Waals surface area contributed by atoms with Crippen molar-refractivity contribution < 1.29 is 4.79 Å². The second-order valence-electron chi connectivity index (χ2n) is 4.82. The molecule has 3 nitrogen and oxygen atoms in total. The van der Waals surface area contributed by atoms with Crippen molar-refractivity contribution in [1.82, 2.24) is 10.3 Å². The number of hydrogen-bond acceptors (Lipinski definition) is 2. The van der Waals surface area contributed by atoms with E-state index in [0.29, 0.717) is 25.8 Å². The number of carbonyl (C=O) groups excluding carboxylic acids is 1. The molecule has 2 rings (SSSR count). The maximum atomic E-state index is 12.4. The van der Waals surface area contributed by atoms with E-state index in [9.17, 15) is 4.79 Å². The Kier molecular flexibility index (Phi) is 5.56. The van der Waals surface area contributed by atoms with Crippen molar-refractivity contribution in [2.45, 2.75) is 19.9 Å². The Morgan fingerprint density at radius 3 is 2.23 bits per heavy atom. The van der Waals surface area contributed by atoms with Crippen LogP contribution in [-0.2, 0) is 0 Å². The average molecular weight is 378 g/mol. The lowest BCUT2D eigenvalue weighted by molar-refractivity contribution is 0.0939. The fourth-order valence-corrected chi connectivity index (χ4v) is 3.31. The number of aryl methyl sites for hydroxylation is 1. The zero-order chi connectivity index (χ0) is 16.4. The number of hydrogen-bond donors (Lipinski definition) is 1. The first-order valence-corrected chi connectivity index (χ1v) is 7.88. The first-order valence-electron chi connectivity index (χ1n) is 6.37. The molecule has 0 spiro atoms. The molecule has 0 fully saturated rings. The van der Waals surface area contributed by atoms with E-state index in [1.54, 1.807) is 25.1 Å². The van der Waals surface area contributed by atoms with Crippen molar-refractivity contribution >= 4 is 52.3 Å². The molecule has 1 heterocycles. The Balaban J connectivity index is 2.25. The lowest BCUT2D eigenvalue weighted by atomic mass is 10.1. The first kappa shape index (κ1) is 17.4. The van der Waals surface area contributed by atoms with Gasteiger partial charge in [0.1, 0.15) is 0 Å². The van der Waals surface area contributed by atoms with Gasteiger partial charge in [-0.1, -0.05) is 46.4 Å². The third kappa shape index (κ3) is 3.85. The van der Waals surface area contributed by atoms with E-state index < -0.39 is 11.9 Å². The molecule has 116 valence electrons. The number of nitrogens with one attached hydrogen (secondary N) is 1. The van der Waals surface area contributed by atoms with Crippen LogP contribution < -0.4 is 5.32 Å². The van der Waals surface area contributed by atoms with Gasteiger partial charge in [-0.2, -0.15) is 0 Å². The largest absolute Gasteiger partial charge is 0.344 e. The summed E-state index contributed by atoms with van der Waals surface area (Å²) in [4.78, 5) is 16.5. The topological polar surface area (TPSA) is 42.0 Å². The van der Waals surface area contributed by atoms with Gasteiger partial charge in [0.25, 0.3) is 5.91 Å². The molecule has 2 aromatic rings. The highest BCUT2D eigenvalue weighted by atomic mass is 35.5. The highest BCUT2D eigenvalue weighted by molar-refractivity contribution is 6.39. The summed E-state index contributed by atoms with van der Waals surface area (Å²) in [6, 6.07) is 4.51. The fourth-order valence-electron chi connectivity index (χ4n) is 2.00. The Morgan fingerprint density at radius 1 is 1.09 bits per heavy atom. The number of carbonyl (C=O) groups is 1. The molecule has 22 heavy (non-hydrogen) atoms. The summed E-state index contributed by atoms with van der Waals surface area (Å²) in [5.41, 5.74) is 1.62. The quantitative estimate of drug-likeness (QED) is 0.767. The number of nitrogens with zero attached hydrogens (tertiary/aromatic N) is 1. The second kappa shape index (κ2) is 7.05. The molecule has 1 atom stereocenters. The molecule has 0 radical (unpaired) electrons. The number of amides is 1. The summed E-state index contributed by atoms with van der Waals surface area (Å²) in [5.74, 6) is -0.393. The molecule has 0 aliphatic rings. The summed E-state index contributed by atoms with van der Waals surface area (Å²) < 4.78 is 0. The third-order valence-corrected chi connectivity index (χ3v) is 4.11. The minimum absolute atomic E-state index is 0.228. The van der Waals surface area contributed by atoms with E-state index in [-0.39, 0.29) is 5.56 Å². The highest BCUT2D eigenvalue weighted by Crippen LogP contribution is 2.28. The fraction of sp³-hybridized carbons (Fsp3) is 0.200. The van der Waals surface area contributed by atoms with Gasteiger partial charge in [0.2, 0.25) is 0 Å². The highest BCUT2D eigenvalue weighted by Gasteiger charge is 2.20. The number of halogens is 4. The van der Waals surface area contributed by atoms with Crippen LogP contribution in [0.3, 0.4) is 0 Å². The number of rotatable bonds is 3. The average Bonchev–Trinajstić information content (AvgIpc) is 2.36.